The van der Waals surface area contributed by atoms with Crippen molar-refractivity contribution in [1.29, 1.82) is 0 Å². The largest absolute Gasteiger partial charge is 0.481 e. The van der Waals surface area contributed by atoms with Gasteiger partial charge in [-0.2, -0.15) is 0 Å². The zero-order valence-corrected chi connectivity index (χ0v) is 17.2. The highest BCUT2D eigenvalue weighted by atomic mass is 79.9. The Bertz CT molecular complexity index is 904. The molecular formula is C21H16Br2O3. The van der Waals surface area contributed by atoms with Gasteiger partial charge >= 0.3 is 5.97 Å². The summed E-state index contributed by atoms with van der Waals surface area (Å²) in [7, 11) is 0. The van der Waals surface area contributed by atoms with Crippen molar-refractivity contribution in [2.75, 3.05) is 6.61 Å². The van der Waals surface area contributed by atoms with E-state index in [9.17, 15) is 4.79 Å². The van der Waals surface area contributed by atoms with Crippen LogP contribution in [0.2, 0.25) is 0 Å². The van der Waals surface area contributed by atoms with E-state index >= 15 is 0 Å². The molecule has 3 aromatic rings. The van der Waals surface area contributed by atoms with Crippen LogP contribution in [0.1, 0.15) is 5.56 Å². The molecule has 0 saturated carbocycles. The van der Waals surface area contributed by atoms with Gasteiger partial charge in [0.05, 0.1) is 4.47 Å². The third kappa shape index (κ3) is 4.96. The molecule has 26 heavy (non-hydrogen) atoms. The zero-order chi connectivity index (χ0) is 18.5. The summed E-state index contributed by atoms with van der Waals surface area (Å²) < 4.78 is 12.5. The molecule has 0 atom stereocenters. The highest BCUT2D eigenvalue weighted by molar-refractivity contribution is 9.11. The van der Waals surface area contributed by atoms with Gasteiger partial charge in [0.15, 0.2) is 6.61 Å². The zero-order valence-electron chi connectivity index (χ0n) is 14.0. The number of hydrogen-bond donors (Lipinski definition) is 0. The summed E-state index contributed by atoms with van der Waals surface area (Å²) in [4.78, 5) is 12.0. The summed E-state index contributed by atoms with van der Waals surface area (Å²) >= 11 is 6.76. The highest BCUT2D eigenvalue weighted by Gasteiger charge is 2.09. The number of carbonyl (C=O) groups is 1. The molecule has 0 heterocycles. The van der Waals surface area contributed by atoms with Crippen molar-refractivity contribution in [3.05, 3.63) is 81.2 Å². The fraction of sp³-hybridized carbons (Fsp3) is 0.0952. The number of ether oxygens (including phenoxy) is 2. The van der Waals surface area contributed by atoms with Crippen LogP contribution in [-0.4, -0.2) is 12.6 Å². The maximum absolute atomic E-state index is 12.0. The van der Waals surface area contributed by atoms with Gasteiger partial charge in [0.2, 0.25) is 0 Å². The number of hydrogen-bond acceptors (Lipinski definition) is 3. The average molecular weight is 476 g/mol. The molecule has 0 aliphatic carbocycles. The van der Waals surface area contributed by atoms with E-state index in [2.05, 4.69) is 63.0 Å². The Morgan fingerprint density at radius 1 is 0.885 bits per heavy atom. The molecule has 0 radical (unpaired) electrons. The van der Waals surface area contributed by atoms with Crippen LogP contribution in [0.5, 0.6) is 11.5 Å². The van der Waals surface area contributed by atoms with Gasteiger partial charge in [-0.25, -0.2) is 4.79 Å². The van der Waals surface area contributed by atoms with Crippen molar-refractivity contribution < 1.29 is 14.3 Å². The van der Waals surface area contributed by atoms with Crippen molar-refractivity contribution >= 4 is 37.8 Å². The molecule has 0 aliphatic rings. The standard InChI is InChI=1S/C21H16Br2O3/c1-14-2-4-15(5-3-14)16-6-9-18(10-7-16)26-21(24)13-25-20-11-8-17(22)12-19(20)23/h2-12H,13H2,1H3. The van der Waals surface area contributed by atoms with Gasteiger partial charge < -0.3 is 9.47 Å². The average Bonchev–Trinajstić information content (AvgIpc) is 2.62. The monoisotopic (exact) mass is 474 g/mol. The van der Waals surface area contributed by atoms with E-state index in [4.69, 9.17) is 9.47 Å². The van der Waals surface area contributed by atoms with Gasteiger partial charge in [0.25, 0.3) is 0 Å². The second-order valence-corrected chi connectivity index (χ2v) is 7.50. The van der Waals surface area contributed by atoms with E-state index in [1.807, 2.05) is 24.3 Å². The number of carbonyl (C=O) groups excluding carboxylic acids is 1. The first-order valence-corrected chi connectivity index (χ1v) is 9.55. The lowest BCUT2D eigenvalue weighted by atomic mass is 10.0. The Morgan fingerprint density at radius 3 is 2.12 bits per heavy atom. The first kappa shape index (κ1) is 18.7. The quantitative estimate of drug-likeness (QED) is 0.327. The maximum Gasteiger partial charge on any atom is 0.349 e. The third-order valence-corrected chi connectivity index (χ3v) is 4.82. The molecule has 0 amide bonds. The van der Waals surface area contributed by atoms with Crippen LogP contribution in [0.4, 0.5) is 0 Å². The van der Waals surface area contributed by atoms with Crippen LogP contribution in [0, 0.1) is 6.92 Å². The second-order valence-electron chi connectivity index (χ2n) is 5.73. The first-order chi connectivity index (χ1) is 12.5. The van der Waals surface area contributed by atoms with E-state index in [0.717, 1.165) is 20.1 Å². The molecule has 0 aliphatic heterocycles. The molecule has 0 spiro atoms. The van der Waals surface area contributed by atoms with Crippen molar-refractivity contribution in [3.63, 3.8) is 0 Å². The Labute approximate surface area is 169 Å². The Kier molecular flexibility index (Phi) is 6.12. The molecular weight excluding hydrogens is 460 g/mol. The lowest BCUT2D eigenvalue weighted by Crippen LogP contribution is -2.17. The normalized spacial score (nSPS) is 10.4. The molecule has 0 N–H and O–H groups in total. The van der Waals surface area contributed by atoms with E-state index < -0.39 is 5.97 Å². The van der Waals surface area contributed by atoms with Crippen LogP contribution in [0.15, 0.2) is 75.7 Å². The van der Waals surface area contributed by atoms with E-state index in [-0.39, 0.29) is 6.61 Å². The molecule has 3 aromatic carbocycles. The first-order valence-electron chi connectivity index (χ1n) is 7.97. The van der Waals surface area contributed by atoms with E-state index in [0.29, 0.717) is 11.5 Å². The van der Waals surface area contributed by atoms with Crippen LogP contribution < -0.4 is 9.47 Å². The van der Waals surface area contributed by atoms with Gasteiger partial charge in [-0.3, -0.25) is 0 Å². The van der Waals surface area contributed by atoms with Crippen molar-refractivity contribution in [1.82, 2.24) is 0 Å². The maximum atomic E-state index is 12.0. The molecule has 0 fully saturated rings. The third-order valence-electron chi connectivity index (χ3n) is 3.71. The van der Waals surface area contributed by atoms with Gasteiger partial charge in [-0.05, 0) is 64.3 Å². The predicted molar refractivity (Wildman–Crippen MR) is 110 cm³/mol. The summed E-state index contributed by atoms with van der Waals surface area (Å²) in [6.07, 6.45) is 0. The molecule has 3 rings (SSSR count). The second kappa shape index (κ2) is 8.52. The lowest BCUT2D eigenvalue weighted by Gasteiger charge is -2.09. The van der Waals surface area contributed by atoms with Crippen molar-refractivity contribution in [2.45, 2.75) is 6.92 Å². The Morgan fingerprint density at radius 2 is 1.50 bits per heavy atom. The summed E-state index contributed by atoms with van der Waals surface area (Å²) in [5.74, 6) is 0.618. The van der Waals surface area contributed by atoms with Gasteiger partial charge in [-0.1, -0.05) is 57.9 Å². The molecule has 132 valence electrons. The summed E-state index contributed by atoms with van der Waals surface area (Å²) in [6, 6.07) is 21.2. The number of esters is 1. The van der Waals surface area contributed by atoms with Gasteiger partial charge in [-0.15, -0.1) is 0 Å². The van der Waals surface area contributed by atoms with Crippen LogP contribution in [-0.2, 0) is 4.79 Å². The summed E-state index contributed by atoms with van der Waals surface area (Å²) in [6.45, 7) is 1.89. The minimum absolute atomic E-state index is 0.167. The topological polar surface area (TPSA) is 35.5 Å². The number of rotatable bonds is 5. The molecule has 0 saturated heterocycles. The molecule has 0 unspecified atom stereocenters. The predicted octanol–water partition coefficient (Wildman–Crippen LogP) is 6.17. The SMILES string of the molecule is Cc1ccc(-c2ccc(OC(=O)COc3ccc(Br)cc3Br)cc2)cc1. The fourth-order valence-electron chi connectivity index (χ4n) is 2.35. The molecule has 3 nitrogen and oxygen atoms in total. The van der Waals surface area contributed by atoms with Crippen LogP contribution >= 0.6 is 31.9 Å². The van der Waals surface area contributed by atoms with Crippen LogP contribution in [0.25, 0.3) is 11.1 Å². The summed E-state index contributed by atoms with van der Waals surface area (Å²) in [5.41, 5.74) is 3.41. The lowest BCUT2D eigenvalue weighted by molar-refractivity contribution is -0.136. The Hall–Kier alpha value is -2.11. The molecule has 0 aromatic heterocycles. The van der Waals surface area contributed by atoms with E-state index in [1.165, 1.54) is 5.56 Å². The van der Waals surface area contributed by atoms with E-state index in [1.54, 1.807) is 18.2 Å². The molecule has 5 heteroatoms. The summed E-state index contributed by atoms with van der Waals surface area (Å²) in [5, 5.41) is 0. The minimum Gasteiger partial charge on any atom is -0.481 e. The van der Waals surface area contributed by atoms with Gasteiger partial charge in [0.1, 0.15) is 11.5 Å². The number of benzene rings is 3. The van der Waals surface area contributed by atoms with Crippen LogP contribution in [0.3, 0.4) is 0 Å². The number of halogens is 2. The minimum atomic E-state index is -0.456. The van der Waals surface area contributed by atoms with Crippen molar-refractivity contribution in [2.24, 2.45) is 0 Å². The smallest absolute Gasteiger partial charge is 0.349 e. The molecule has 0 bridgehead atoms. The van der Waals surface area contributed by atoms with Gasteiger partial charge in [0, 0.05) is 4.47 Å². The highest BCUT2D eigenvalue weighted by Crippen LogP contribution is 2.28. The fourth-order valence-corrected chi connectivity index (χ4v) is 3.51. The van der Waals surface area contributed by atoms with Crippen molar-refractivity contribution in [3.8, 4) is 22.6 Å². The Balaban J connectivity index is 1.58. The number of aryl methyl sites for hydroxylation is 1.